The molecule has 0 bridgehead atoms. The minimum atomic E-state index is -0.114. The third kappa shape index (κ3) is 4.03. The third-order valence-electron chi connectivity index (χ3n) is 5.44. The molecule has 0 saturated carbocycles. The van der Waals surface area contributed by atoms with E-state index >= 15 is 0 Å². The summed E-state index contributed by atoms with van der Waals surface area (Å²) in [5.74, 6) is 0.523. The predicted octanol–water partition coefficient (Wildman–Crippen LogP) is 2.67. The van der Waals surface area contributed by atoms with Gasteiger partial charge < -0.3 is 9.47 Å². The molecule has 1 aliphatic heterocycles. The topological polar surface area (TPSA) is 51.4 Å². The lowest BCUT2D eigenvalue weighted by atomic mass is 10.1. The maximum absolute atomic E-state index is 12.7. The first-order valence-electron chi connectivity index (χ1n) is 9.87. The highest BCUT2D eigenvalue weighted by Crippen LogP contribution is 2.20. The van der Waals surface area contributed by atoms with Gasteiger partial charge in [-0.05, 0) is 50.5 Å². The van der Waals surface area contributed by atoms with Gasteiger partial charge in [-0.25, -0.2) is 4.98 Å². The summed E-state index contributed by atoms with van der Waals surface area (Å²) in [5, 5.41) is 3.03. The van der Waals surface area contributed by atoms with Crippen LogP contribution in [0.3, 0.4) is 0 Å². The Hall–Kier alpha value is -2.66. The van der Waals surface area contributed by atoms with E-state index in [1.807, 2.05) is 49.4 Å². The predicted molar refractivity (Wildman–Crippen MR) is 108 cm³/mol. The number of quaternary nitrogens is 1. The Morgan fingerprint density at radius 1 is 1.07 bits per heavy atom. The van der Waals surface area contributed by atoms with Crippen molar-refractivity contribution >= 4 is 22.9 Å². The number of hydrogen-bond acceptors (Lipinski definition) is 2. The van der Waals surface area contributed by atoms with Crippen LogP contribution in [0.15, 0.2) is 48.5 Å². The summed E-state index contributed by atoms with van der Waals surface area (Å²) in [7, 11) is 0. The first-order chi connectivity index (χ1) is 13.2. The van der Waals surface area contributed by atoms with Crippen LogP contribution in [-0.2, 0) is 6.54 Å². The SMILES string of the molecule is Cc1ccc(C(=O)Nc2nc3ccccc3n2CC[NH+]2CCCCC2)cc1. The molecular formula is C22H27N4O+. The zero-order chi connectivity index (χ0) is 18.6. The largest absolute Gasteiger partial charge is 0.333 e. The Kier molecular flexibility index (Phi) is 5.21. The van der Waals surface area contributed by atoms with Crippen molar-refractivity contribution in [3.05, 3.63) is 59.7 Å². The van der Waals surface area contributed by atoms with Crippen molar-refractivity contribution in [3.63, 3.8) is 0 Å². The molecule has 0 atom stereocenters. The number of fused-ring (bicyclic) bond motifs is 1. The minimum Gasteiger partial charge on any atom is -0.333 e. The Morgan fingerprint density at radius 2 is 1.81 bits per heavy atom. The molecule has 1 fully saturated rings. The molecule has 5 nitrogen and oxygen atoms in total. The normalized spacial score (nSPS) is 15.1. The van der Waals surface area contributed by atoms with Crippen molar-refractivity contribution in [2.24, 2.45) is 0 Å². The number of rotatable bonds is 5. The fourth-order valence-electron chi connectivity index (χ4n) is 3.85. The van der Waals surface area contributed by atoms with Crippen LogP contribution in [0.5, 0.6) is 0 Å². The first kappa shape index (κ1) is 17.7. The minimum absolute atomic E-state index is 0.114. The number of imidazole rings is 1. The van der Waals surface area contributed by atoms with Crippen molar-refractivity contribution in [1.29, 1.82) is 0 Å². The molecular weight excluding hydrogens is 336 g/mol. The highest BCUT2D eigenvalue weighted by molar-refractivity contribution is 6.04. The van der Waals surface area contributed by atoms with Crippen molar-refractivity contribution in [2.75, 3.05) is 25.0 Å². The highest BCUT2D eigenvalue weighted by Gasteiger charge is 2.18. The number of carbonyl (C=O) groups is 1. The number of nitrogens with zero attached hydrogens (tertiary/aromatic N) is 2. The summed E-state index contributed by atoms with van der Waals surface area (Å²) in [6, 6.07) is 15.7. The Bertz CT molecular complexity index is 923. The van der Waals surface area contributed by atoms with Crippen molar-refractivity contribution in [2.45, 2.75) is 32.7 Å². The van der Waals surface area contributed by atoms with Crippen LogP contribution in [0.25, 0.3) is 11.0 Å². The zero-order valence-corrected chi connectivity index (χ0v) is 15.9. The van der Waals surface area contributed by atoms with Crippen LogP contribution < -0.4 is 10.2 Å². The molecule has 0 radical (unpaired) electrons. The van der Waals surface area contributed by atoms with E-state index in [1.54, 1.807) is 4.90 Å². The number of para-hydroxylation sites is 2. The van der Waals surface area contributed by atoms with E-state index in [2.05, 4.69) is 20.9 Å². The van der Waals surface area contributed by atoms with Gasteiger partial charge in [0, 0.05) is 5.56 Å². The van der Waals surface area contributed by atoms with E-state index in [9.17, 15) is 4.79 Å². The average molecular weight is 363 g/mol. The molecule has 1 aromatic heterocycles. The number of nitrogens with one attached hydrogen (secondary N) is 2. The number of amides is 1. The van der Waals surface area contributed by atoms with E-state index in [0.29, 0.717) is 11.5 Å². The standard InChI is InChI=1S/C22H26N4O/c1-17-9-11-18(12-10-17)21(27)24-22-23-19-7-3-4-8-20(19)26(22)16-15-25-13-5-2-6-14-25/h3-4,7-12H,2,5-6,13-16H2,1H3,(H,23,24,27)/p+1. The number of hydrogen-bond donors (Lipinski definition) is 2. The fraction of sp³-hybridized carbons (Fsp3) is 0.364. The Balaban J connectivity index is 1.57. The maximum atomic E-state index is 12.7. The summed E-state index contributed by atoms with van der Waals surface area (Å²) < 4.78 is 2.16. The fourth-order valence-corrected chi connectivity index (χ4v) is 3.85. The van der Waals surface area contributed by atoms with Gasteiger partial charge in [0.15, 0.2) is 0 Å². The Morgan fingerprint density at radius 3 is 2.59 bits per heavy atom. The van der Waals surface area contributed by atoms with Crippen LogP contribution in [0, 0.1) is 6.92 Å². The van der Waals surface area contributed by atoms with E-state index in [0.717, 1.165) is 29.7 Å². The number of aryl methyl sites for hydroxylation is 1. The second-order valence-electron chi connectivity index (χ2n) is 7.46. The summed E-state index contributed by atoms with van der Waals surface area (Å²) in [6.45, 7) is 6.44. The van der Waals surface area contributed by atoms with E-state index in [4.69, 9.17) is 0 Å². The van der Waals surface area contributed by atoms with Crippen molar-refractivity contribution in [1.82, 2.24) is 9.55 Å². The van der Waals surface area contributed by atoms with Crippen LogP contribution in [0.1, 0.15) is 35.2 Å². The molecule has 2 aromatic carbocycles. The molecule has 1 amide bonds. The van der Waals surface area contributed by atoms with Gasteiger partial charge in [0.25, 0.3) is 5.91 Å². The number of piperidine rings is 1. The lowest BCUT2D eigenvalue weighted by molar-refractivity contribution is -0.905. The molecule has 2 N–H and O–H groups in total. The Labute approximate surface area is 160 Å². The average Bonchev–Trinajstić information content (AvgIpc) is 3.04. The zero-order valence-electron chi connectivity index (χ0n) is 15.9. The number of benzene rings is 2. The van der Waals surface area contributed by atoms with E-state index < -0.39 is 0 Å². The quantitative estimate of drug-likeness (QED) is 0.732. The molecule has 5 heteroatoms. The van der Waals surface area contributed by atoms with E-state index in [-0.39, 0.29) is 5.91 Å². The number of aromatic nitrogens is 2. The molecule has 2 heterocycles. The summed E-state index contributed by atoms with van der Waals surface area (Å²) >= 11 is 0. The van der Waals surface area contributed by atoms with Crippen molar-refractivity contribution in [3.8, 4) is 0 Å². The molecule has 27 heavy (non-hydrogen) atoms. The number of likely N-dealkylation sites (tertiary alicyclic amines) is 1. The van der Waals surface area contributed by atoms with Crippen LogP contribution in [0.4, 0.5) is 5.95 Å². The molecule has 0 spiro atoms. The summed E-state index contributed by atoms with van der Waals surface area (Å²) in [4.78, 5) is 19.0. The molecule has 140 valence electrons. The van der Waals surface area contributed by atoms with Crippen molar-refractivity contribution < 1.29 is 9.69 Å². The highest BCUT2D eigenvalue weighted by atomic mass is 16.1. The molecule has 1 aliphatic rings. The van der Waals surface area contributed by atoms with Gasteiger partial charge in [-0.1, -0.05) is 29.8 Å². The molecule has 0 aliphatic carbocycles. The third-order valence-corrected chi connectivity index (χ3v) is 5.44. The van der Waals surface area contributed by atoms with Gasteiger partial charge in [0.2, 0.25) is 5.95 Å². The smallest absolute Gasteiger partial charge is 0.257 e. The lowest BCUT2D eigenvalue weighted by Crippen LogP contribution is -3.13. The monoisotopic (exact) mass is 363 g/mol. The van der Waals surface area contributed by atoms with Crippen LogP contribution in [-0.4, -0.2) is 35.1 Å². The van der Waals surface area contributed by atoms with Gasteiger partial charge in [0.1, 0.15) is 0 Å². The van der Waals surface area contributed by atoms with Gasteiger partial charge in [-0.3, -0.25) is 10.1 Å². The molecule has 3 aromatic rings. The van der Waals surface area contributed by atoms with Crippen LogP contribution in [0.2, 0.25) is 0 Å². The maximum Gasteiger partial charge on any atom is 0.257 e. The number of anilines is 1. The summed E-state index contributed by atoms with van der Waals surface area (Å²) in [5.41, 5.74) is 3.79. The number of carbonyl (C=O) groups excluding carboxylic acids is 1. The van der Waals surface area contributed by atoms with Gasteiger partial charge in [-0.15, -0.1) is 0 Å². The second kappa shape index (κ2) is 7.92. The van der Waals surface area contributed by atoms with Gasteiger partial charge in [-0.2, -0.15) is 0 Å². The molecule has 1 saturated heterocycles. The lowest BCUT2D eigenvalue weighted by Gasteiger charge is -2.24. The molecule has 0 unspecified atom stereocenters. The summed E-state index contributed by atoms with van der Waals surface area (Å²) in [6.07, 6.45) is 3.99. The first-order valence-corrected chi connectivity index (χ1v) is 9.87. The molecule has 4 rings (SSSR count). The second-order valence-corrected chi connectivity index (χ2v) is 7.46. The van der Waals surface area contributed by atoms with Crippen LogP contribution >= 0.6 is 0 Å². The van der Waals surface area contributed by atoms with Gasteiger partial charge >= 0.3 is 0 Å². The van der Waals surface area contributed by atoms with Gasteiger partial charge in [0.05, 0.1) is 37.2 Å². The van der Waals surface area contributed by atoms with E-state index in [1.165, 1.54) is 32.4 Å².